The second-order valence-corrected chi connectivity index (χ2v) is 6.77. The maximum absolute atomic E-state index is 13.1. The fourth-order valence-corrected chi connectivity index (χ4v) is 3.46. The molecule has 1 N–H and O–H groups in total. The van der Waals surface area contributed by atoms with Crippen molar-refractivity contribution in [2.24, 2.45) is 0 Å². The summed E-state index contributed by atoms with van der Waals surface area (Å²) in [5.74, 6) is 0.175. The molecule has 0 radical (unpaired) electrons. The monoisotopic (exact) mass is 381 g/mol. The predicted octanol–water partition coefficient (Wildman–Crippen LogP) is 2.90. The highest BCUT2D eigenvalue weighted by Crippen LogP contribution is 2.20. The van der Waals surface area contributed by atoms with Crippen LogP contribution in [0, 0.1) is 0 Å². The van der Waals surface area contributed by atoms with Gasteiger partial charge in [-0.15, -0.1) is 11.3 Å². The van der Waals surface area contributed by atoms with Crippen molar-refractivity contribution in [2.75, 3.05) is 0 Å². The Bertz CT molecular complexity index is 1150. The summed E-state index contributed by atoms with van der Waals surface area (Å²) in [4.78, 5) is 32.0. The van der Waals surface area contributed by atoms with Crippen molar-refractivity contribution in [3.63, 3.8) is 0 Å². The molecule has 0 spiro atoms. The second-order valence-electron chi connectivity index (χ2n) is 5.90. The Balaban J connectivity index is 1.72. The van der Waals surface area contributed by atoms with Gasteiger partial charge in [-0.3, -0.25) is 14.0 Å². The van der Waals surface area contributed by atoms with Crippen LogP contribution in [0.5, 0.6) is 5.75 Å². The number of carbonyl (C=O) groups excluding carboxylic acids is 1. The summed E-state index contributed by atoms with van der Waals surface area (Å²) in [6.45, 7) is 0.282. The van der Waals surface area contributed by atoms with E-state index in [1.54, 1.807) is 48.0 Å². The molecule has 0 saturated heterocycles. The van der Waals surface area contributed by atoms with Gasteiger partial charge < -0.3 is 14.4 Å². The number of hydrogen-bond donors (Lipinski definition) is 1. The van der Waals surface area contributed by atoms with E-state index < -0.39 is 11.5 Å². The van der Waals surface area contributed by atoms with Gasteiger partial charge in [0.15, 0.2) is 4.96 Å². The van der Waals surface area contributed by atoms with Crippen LogP contribution < -0.4 is 5.56 Å². The highest BCUT2D eigenvalue weighted by atomic mass is 32.1. The zero-order valence-electron chi connectivity index (χ0n) is 14.1. The van der Waals surface area contributed by atoms with Crippen molar-refractivity contribution in [1.29, 1.82) is 0 Å². The number of aromatic nitrogens is 2. The van der Waals surface area contributed by atoms with Crippen LogP contribution in [0.15, 0.2) is 69.6 Å². The molecule has 0 aliphatic heterocycles. The Morgan fingerprint density at radius 2 is 2.07 bits per heavy atom. The molecule has 0 aliphatic carbocycles. The van der Waals surface area contributed by atoms with Crippen LogP contribution in [0.1, 0.15) is 21.7 Å². The second kappa shape index (κ2) is 7.08. The first-order valence-corrected chi connectivity index (χ1v) is 9.05. The highest BCUT2D eigenvalue weighted by Gasteiger charge is 2.23. The van der Waals surface area contributed by atoms with E-state index in [2.05, 4.69) is 4.98 Å². The summed E-state index contributed by atoms with van der Waals surface area (Å²) in [7, 11) is 0. The number of aromatic hydroxyl groups is 1. The van der Waals surface area contributed by atoms with Gasteiger partial charge in [-0.05, 0) is 18.2 Å². The van der Waals surface area contributed by atoms with E-state index in [9.17, 15) is 14.7 Å². The maximum atomic E-state index is 13.1. The summed E-state index contributed by atoms with van der Waals surface area (Å²) in [6.07, 6.45) is 4.41. The number of hydrogen-bond acceptors (Lipinski definition) is 6. The van der Waals surface area contributed by atoms with Crippen molar-refractivity contribution < 1.29 is 14.3 Å². The molecule has 1 aromatic carbocycles. The first-order valence-electron chi connectivity index (χ1n) is 8.17. The Labute approximate surface area is 157 Å². The van der Waals surface area contributed by atoms with Crippen LogP contribution in [0.25, 0.3) is 4.96 Å². The summed E-state index contributed by atoms with van der Waals surface area (Å²) < 4.78 is 6.70. The van der Waals surface area contributed by atoms with Gasteiger partial charge in [0.2, 0.25) is 0 Å². The summed E-state index contributed by atoms with van der Waals surface area (Å²) in [6, 6.07) is 10.2. The molecule has 3 aromatic heterocycles. The molecule has 7 nitrogen and oxygen atoms in total. The van der Waals surface area contributed by atoms with Gasteiger partial charge in [-0.25, -0.2) is 4.98 Å². The van der Waals surface area contributed by atoms with Gasteiger partial charge in [0, 0.05) is 23.3 Å². The number of rotatable bonds is 5. The lowest BCUT2D eigenvalue weighted by Crippen LogP contribution is -2.35. The predicted molar refractivity (Wildman–Crippen MR) is 99.7 cm³/mol. The summed E-state index contributed by atoms with van der Waals surface area (Å²) in [5.41, 5.74) is 0.114. The summed E-state index contributed by atoms with van der Waals surface area (Å²) >= 11 is 1.32. The molecule has 0 aliphatic rings. The van der Waals surface area contributed by atoms with Crippen LogP contribution in [0.4, 0.5) is 0 Å². The average molecular weight is 381 g/mol. The third kappa shape index (κ3) is 3.34. The number of furan rings is 1. The van der Waals surface area contributed by atoms with Gasteiger partial charge in [-0.2, -0.15) is 0 Å². The Morgan fingerprint density at radius 3 is 2.85 bits per heavy atom. The molecule has 0 bridgehead atoms. The van der Waals surface area contributed by atoms with Crippen LogP contribution in [0.3, 0.4) is 0 Å². The number of fused-ring (bicyclic) bond motifs is 1. The topological polar surface area (TPSA) is 88.1 Å². The fraction of sp³-hybridized carbons (Fsp3) is 0.105. The molecule has 0 unspecified atom stereocenters. The fourth-order valence-electron chi connectivity index (χ4n) is 2.78. The quantitative estimate of drug-likeness (QED) is 0.574. The zero-order valence-corrected chi connectivity index (χ0v) is 14.9. The van der Waals surface area contributed by atoms with E-state index >= 15 is 0 Å². The van der Waals surface area contributed by atoms with Crippen LogP contribution in [-0.4, -0.2) is 25.3 Å². The van der Waals surface area contributed by atoms with E-state index in [0.717, 1.165) is 0 Å². The SMILES string of the molecule is O=C(c1cnc2sccn2c1=O)N(Cc1ccco1)Cc1ccccc1O. The average Bonchev–Trinajstić information content (AvgIpc) is 3.34. The minimum atomic E-state index is -0.479. The molecule has 4 aromatic rings. The standard InChI is InChI=1S/C19H15N3O4S/c23-16-6-2-1-4-13(16)11-21(12-14-5-3-8-26-14)17(24)15-10-20-19-22(18(15)25)7-9-27-19/h1-10,23H,11-12H2. The third-order valence-electron chi connectivity index (χ3n) is 4.14. The number of benzene rings is 1. The Kier molecular flexibility index (Phi) is 4.47. The minimum Gasteiger partial charge on any atom is -0.508 e. The minimum absolute atomic E-state index is 0.0344. The third-order valence-corrected chi connectivity index (χ3v) is 4.91. The van der Waals surface area contributed by atoms with Crippen molar-refractivity contribution in [1.82, 2.24) is 14.3 Å². The molecule has 0 atom stereocenters. The van der Waals surface area contributed by atoms with E-state index in [0.29, 0.717) is 16.3 Å². The van der Waals surface area contributed by atoms with Gasteiger partial charge >= 0.3 is 0 Å². The van der Waals surface area contributed by atoms with E-state index in [1.807, 2.05) is 0 Å². The Hall–Kier alpha value is -3.39. The van der Waals surface area contributed by atoms with Gasteiger partial charge in [0.25, 0.3) is 11.5 Å². The van der Waals surface area contributed by atoms with Crippen molar-refractivity contribution in [3.8, 4) is 5.75 Å². The summed E-state index contributed by atoms with van der Waals surface area (Å²) in [5, 5.41) is 11.8. The van der Waals surface area contributed by atoms with Gasteiger partial charge in [0.05, 0.1) is 19.4 Å². The normalized spacial score (nSPS) is 11.0. The van der Waals surface area contributed by atoms with E-state index in [1.165, 1.54) is 33.1 Å². The number of phenolic OH excluding ortho intramolecular Hbond substituents is 1. The molecule has 0 saturated carbocycles. The van der Waals surface area contributed by atoms with Gasteiger partial charge in [-0.1, -0.05) is 18.2 Å². The molecule has 4 rings (SSSR count). The molecule has 8 heteroatoms. The van der Waals surface area contributed by atoms with Gasteiger partial charge in [0.1, 0.15) is 17.1 Å². The van der Waals surface area contributed by atoms with Crippen LogP contribution in [-0.2, 0) is 13.1 Å². The Morgan fingerprint density at radius 1 is 1.22 bits per heavy atom. The molecule has 136 valence electrons. The number of carbonyl (C=O) groups is 1. The molecule has 0 fully saturated rings. The van der Waals surface area contributed by atoms with Crippen molar-refractivity contribution in [3.05, 3.63) is 87.7 Å². The number of phenols is 1. The largest absolute Gasteiger partial charge is 0.508 e. The highest BCUT2D eigenvalue weighted by molar-refractivity contribution is 7.15. The van der Waals surface area contributed by atoms with Crippen LogP contribution >= 0.6 is 11.3 Å². The van der Waals surface area contributed by atoms with E-state index in [-0.39, 0.29) is 24.4 Å². The maximum Gasteiger partial charge on any atom is 0.271 e. The van der Waals surface area contributed by atoms with Crippen molar-refractivity contribution >= 4 is 22.2 Å². The first kappa shape index (κ1) is 17.0. The van der Waals surface area contributed by atoms with E-state index in [4.69, 9.17) is 4.42 Å². The number of thiazole rings is 1. The number of para-hydroxylation sites is 1. The molecule has 27 heavy (non-hydrogen) atoms. The van der Waals surface area contributed by atoms with Crippen molar-refractivity contribution in [2.45, 2.75) is 13.1 Å². The lowest BCUT2D eigenvalue weighted by atomic mass is 10.1. The molecular formula is C19H15N3O4S. The van der Waals surface area contributed by atoms with Crippen LogP contribution in [0.2, 0.25) is 0 Å². The number of amides is 1. The zero-order chi connectivity index (χ0) is 18.8. The first-order chi connectivity index (χ1) is 13.1. The molecule has 1 amide bonds. The molecule has 3 heterocycles. The lowest BCUT2D eigenvalue weighted by Gasteiger charge is -2.22. The number of nitrogens with zero attached hydrogens (tertiary/aromatic N) is 3. The molecular weight excluding hydrogens is 366 g/mol. The lowest BCUT2D eigenvalue weighted by molar-refractivity contribution is 0.0714. The smallest absolute Gasteiger partial charge is 0.271 e.